The van der Waals surface area contributed by atoms with Crippen molar-refractivity contribution >= 4 is 54.7 Å². The third kappa shape index (κ3) is 3.68. The zero-order chi connectivity index (χ0) is 21.4. The molecule has 2 aromatic carbocycles. The minimum Gasteiger partial charge on any atom is -0.397 e. The number of aryl methyl sites for hydroxylation is 2. The van der Waals surface area contributed by atoms with Crippen LogP contribution in [0.4, 0.5) is 5.69 Å². The smallest absolute Gasteiger partial charge is 0.205 e. The lowest BCUT2D eigenvalue weighted by Crippen LogP contribution is -2.08. The molecule has 2 aromatic heterocycles. The van der Waals surface area contributed by atoms with Crippen molar-refractivity contribution in [2.75, 3.05) is 5.73 Å². The standard InChI is InChI=1S/C24H19BrN2O2S/c1-13-18(12-19(28)15-6-4-3-5-7-15)14(2)27-24-20(13)21(26)23(30-24)22(29)16-8-10-17(25)11-9-16/h3-11H,12,26H2,1-2H3. The molecule has 4 rings (SSSR count). The van der Waals surface area contributed by atoms with Gasteiger partial charge >= 0.3 is 0 Å². The zero-order valence-corrected chi connectivity index (χ0v) is 18.9. The highest BCUT2D eigenvalue weighted by molar-refractivity contribution is 9.10. The molecule has 0 aliphatic rings. The highest BCUT2D eigenvalue weighted by Gasteiger charge is 2.23. The fraction of sp³-hybridized carbons (Fsp3) is 0.125. The second-order valence-corrected chi connectivity index (χ2v) is 9.04. The van der Waals surface area contributed by atoms with Gasteiger partial charge in [0.05, 0.1) is 5.69 Å². The monoisotopic (exact) mass is 478 g/mol. The van der Waals surface area contributed by atoms with E-state index in [-0.39, 0.29) is 18.0 Å². The lowest BCUT2D eigenvalue weighted by molar-refractivity contribution is 0.0991. The maximum atomic E-state index is 13.0. The van der Waals surface area contributed by atoms with E-state index in [9.17, 15) is 9.59 Å². The molecule has 0 fully saturated rings. The lowest BCUT2D eigenvalue weighted by atomic mass is 9.96. The van der Waals surface area contributed by atoms with Crippen LogP contribution in [-0.4, -0.2) is 16.6 Å². The Hall–Kier alpha value is -2.83. The first-order valence-corrected chi connectivity index (χ1v) is 11.0. The van der Waals surface area contributed by atoms with Crippen LogP contribution in [0.25, 0.3) is 10.2 Å². The van der Waals surface area contributed by atoms with Crippen molar-refractivity contribution in [3.05, 3.63) is 91.9 Å². The van der Waals surface area contributed by atoms with Gasteiger partial charge in [-0.15, -0.1) is 11.3 Å². The van der Waals surface area contributed by atoms with Crippen LogP contribution in [0, 0.1) is 13.8 Å². The van der Waals surface area contributed by atoms with E-state index >= 15 is 0 Å². The second kappa shape index (κ2) is 8.13. The van der Waals surface area contributed by atoms with Crippen molar-refractivity contribution in [2.45, 2.75) is 20.3 Å². The number of fused-ring (bicyclic) bond motifs is 1. The zero-order valence-electron chi connectivity index (χ0n) is 16.5. The van der Waals surface area contributed by atoms with Gasteiger partial charge in [-0.25, -0.2) is 4.98 Å². The summed E-state index contributed by atoms with van der Waals surface area (Å²) in [6, 6.07) is 16.4. The van der Waals surface area contributed by atoms with Gasteiger partial charge in [0.1, 0.15) is 9.71 Å². The molecule has 30 heavy (non-hydrogen) atoms. The maximum absolute atomic E-state index is 13.0. The molecular weight excluding hydrogens is 460 g/mol. The molecule has 2 heterocycles. The molecule has 2 N–H and O–H groups in total. The number of nitrogens with zero attached hydrogens (tertiary/aromatic N) is 1. The van der Waals surface area contributed by atoms with Crippen LogP contribution in [0.1, 0.15) is 42.4 Å². The summed E-state index contributed by atoms with van der Waals surface area (Å²) in [5.41, 5.74) is 10.7. The van der Waals surface area contributed by atoms with Crippen molar-refractivity contribution in [3.63, 3.8) is 0 Å². The number of carbonyl (C=O) groups is 2. The Morgan fingerprint density at radius 1 is 1.00 bits per heavy atom. The predicted octanol–water partition coefficient (Wildman–Crippen LogP) is 5.91. The van der Waals surface area contributed by atoms with Crippen molar-refractivity contribution < 1.29 is 9.59 Å². The number of aromatic nitrogens is 1. The summed E-state index contributed by atoms with van der Waals surface area (Å²) < 4.78 is 0.907. The van der Waals surface area contributed by atoms with Gasteiger partial charge in [-0.2, -0.15) is 0 Å². The summed E-state index contributed by atoms with van der Waals surface area (Å²) in [7, 11) is 0. The molecule has 0 saturated carbocycles. The van der Waals surface area contributed by atoms with E-state index in [0.29, 0.717) is 21.7 Å². The number of nitrogen functional groups attached to an aromatic ring is 1. The van der Waals surface area contributed by atoms with Crippen LogP contribution in [0.3, 0.4) is 0 Å². The molecule has 0 atom stereocenters. The van der Waals surface area contributed by atoms with Crippen molar-refractivity contribution in [3.8, 4) is 0 Å². The number of nitrogens with two attached hydrogens (primary N) is 1. The second-order valence-electron chi connectivity index (χ2n) is 7.13. The number of benzene rings is 2. The Morgan fingerprint density at radius 2 is 1.67 bits per heavy atom. The highest BCUT2D eigenvalue weighted by atomic mass is 79.9. The van der Waals surface area contributed by atoms with Crippen LogP contribution in [0.2, 0.25) is 0 Å². The van der Waals surface area contributed by atoms with Crippen molar-refractivity contribution in [1.29, 1.82) is 0 Å². The molecule has 6 heteroatoms. The molecule has 0 bridgehead atoms. The van der Waals surface area contributed by atoms with Gasteiger partial charge in [0, 0.05) is 33.1 Å². The fourth-order valence-electron chi connectivity index (χ4n) is 3.56. The number of hydrogen-bond donors (Lipinski definition) is 1. The molecule has 0 unspecified atom stereocenters. The van der Waals surface area contributed by atoms with Gasteiger partial charge in [0.25, 0.3) is 0 Å². The van der Waals surface area contributed by atoms with Gasteiger partial charge in [-0.3, -0.25) is 9.59 Å². The molecule has 4 nitrogen and oxygen atoms in total. The molecule has 0 amide bonds. The van der Waals surface area contributed by atoms with Crippen LogP contribution < -0.4 is 5.73 Å². The first-order chi connectivity index (χ1) is 14.4. The third-order valence-corrected chi connectivity index (χ3v) is 6.83. The Balaban J connectivity index is 1.77. The number of hydrogen-bond acceptors (Lipinski definition) is 5. The Labute approximate surface area is 186 Å². The van der Waals surface area contributed by atoms with E-state index in [4.69, 9.17) is 5.73 Å². The molecule has 0 aliphatic heterocycles. The van der Waals surface area contributed by atoms with Crippen LogP contribution in [0.15, 0.2) is 59.1 Å². The predicted molar refractivity (Wildman–Crippen MR) is 126 cm³/mol. The molecule has 0 radical (unpaired) electrons. The van der Waals surface area contributed by atoms with Gasteiger partial charge < -0.3 is 5.73 Å². The van der Waals surface area contributed by atoms with E-state index in [1.54, 1.807) is 12.1 Å². The Kier molecular flexibility index (Phi) is 5.54. The van der Waals surface area contributed by atoms with Gasteiger partial charge in [-0.1, -0.05) is 46.3 Å². The summed E-state index contributed by atoms with van der Waals surface area (Å²) in [4.78, 5) is 31.7. The van der Waals surface area contributed by atoms with E-state index in [1.165, 1.54) is 11.3 Å². The number of carbonyl (C=O) groups excluding carboxylic acids is 2. The normalized spacial score (nSPS) is 11.0. The molecule has 0 saturated heterocycles. The van der Waals surface area contributed by atoms with E-state index in [2.05, 4.69) is 20.9 Å². The summed E-state index contributed by atoms with van der Waals surface area (Å²) >= 11 is 4.69. The van der Waals surface area contributed by atoms with Crippen molar-refractivity contribution in [1.82, 2.24) is 4.98 Å². The quantitative estimate of drug-likeness (QED) is 0.361. The van der Waals surface area contributed by atoms with Crippen LogP contribution >= 0.6 is 27.3 Å². The summed E-state index contributed by atoms with van der Waals surface area (Å²) in [5.74, 6) is -0.0927. The average Bonchev–Trinajstić information content (AvgIpc) is 3.07. The molecule has 4 aromatic rings. The van der Waals surface area contributed by atoms with E-state index in [1.807, 2.05) is 56.3 Å². The first kappa shape index (κ1) is 20.4. The molecule has 0 aliphatic carbocycles. The number of anilines is 1. The number of Topliss-reactive ketones (excluding diaryl/α,β-unsaturated/α-hetero) is 1. The average molecular weight is 479 g/mol. The minimum absolute atomic E-state index is 0.0305. The lowest BCUT2D eigenvalue weighted by Gasteiger charge is -2.10. The fourth-order valence-corrected chi connectivity index (χ4v) is 4.99. The Morgan fingerprint density at radius 3 is 2.33 bits per heavy atom. The number of thiophene rings is 1. The van der Waals surface area contributed by atoms with Crippen LogP contribution in [0.5, 0.6) is 0 Å². The van der Waals surface area contributed by atoms with E-state index < -0.39 is 0 Å². The van der Waals surface area contributed by atoms with Crippen LogP contribution in [-0.2, 0) is 6.42 Å². The molecule has 150 valence electrons. The third-order valence-electron chi connectivity index (χ3n) is 5.21. The Bertz CT molecular complexity index is 1280. The SMILES string of the molecule is Cc1nc2sc(C(=O)c3ccc(Br)cc3)c(N)c2c(C)c1CC(=O)c1ccccc1. The number of pyridine rings is 1. The maximum Gasteiger partial charge on any atom is 0.205 e. The van der Waals surface area contributed by atoms with Gasteiger partial charge in [-0.05, 0) is 49.2 Å². The van der Waals surface area contributed by atoms with Crippen molar-refractivity contribution in [2.24, 2.45) is 0 Å². The molecular formula is C24H19BrN2O2S. The number of ketones is 2. The molecule has 0 spiro atoms. The minimum atomic E-state index is -0.123. The first-order valence-electron chi connectivity index (χ1n) is 9.43. The van der Waals surface area contributed by atoms with Gasteiger partial charge in [0.15, 0.2) is 5.78 Å². The van der Waals surface area contributed by atoms with Gasteiger partial charge in [0.2, 0.25) is 5.78 Å². The number of halogens is 1. The topological polar surface area (TPSA) is 73.1 Å². The number of rotatable bonds is 5. The van der Waals surface area contributed by atoms with E-state index in [0.717, 1.165) is 31.5 Å². The summed E-state index contributed by atoms with van der Waals surface area (Å²) in [6.45, 7) is 3.84. The summed E-state index contributed by atoms with van der Waals surface area (Å²) in [5, 5.41) is 0.766. The summed E-state index contributed by atoms with van der Waals surface area (Å²) in [6.07, 6.45) is 0.246. The largest absolute Gasteiger partial charge is 0.397 e. The highest BCUT2D eigenvalue weighted by Crippen LogP contribution is 2.38.